The Morgan fingerprint density at radius 1 is 1.08 bits per heavy atom. The number of Topliss-reactive ketones (excluding diaryl/α,β-unsaturated/α-hetero) is 1. The summed E-state index contributed by atoms with van der Waals surface area (Å²) in [5.41, 5.74) is 1.28. The second-order valence-electron chi connectivity index (χ2n) is 5.40. The molecule has 2 aromatic rings. The normalized spacial score (nSPS) is 12.7. The van der Waals surface area contributed by atoms with Crippen molar-refractivity contribution in [3.05, 3.63) is 65.2 Å². The fraction of sp³-hybridized carbons (Fsp3) is 0.158. The largest absolute Gasteiger partial charge is 0.488 e. The summed E-state index contributed by atoms with van der Waals surface area (Å²) in [6, 6.07) is 12.4. The number of para-hydroxylation sites is 1. The predicted molar refractivity (Wildman–Crippen MR) is 88.3 cm³/mol. The molecule has 5 nitrogen and oxygen atoms in total. The maximum atomic E-state index is 12.1. The van der Waals surface area contributed by atoms with E-state index in [1.54, 1.807) is 18.2 Å². The Morgan fingerprint density at radius 3 is 2.54 bits per heavy atom. The van der Waals surface area contributed by atoms with Crippen LogP contribution in [0.2, 0.25) is 0 Å². The van der Waals surface area contributed by atoms with Crippen LogP contribution in [0.3, 0.4) is 0 Å². The van der Waals surface area contributed by atoms with Crippen molar-refractivity contribution in [1.29, 1.82) is 0 Å². The molecule has 0 saturated carbocycles. The first-order chi connectivity index (χ1) is 12.5. The maximum absolute atomic E-state index is 12.1. The number of hydrogen-bond donors (Lipinski definition) is 0. The van der Waals surface area contributed by atoms with E-state index >= 15 is 0 Å². The van der Waals surface area contributed by atoms with Crippen LogP contribution in [0.4, 0.5) is 8.78 Å². The first-order valence-corrected chi connectivity index (χ1v) is 7.70. The molecule has 3 rings (SSSR count). The highest BCUT2D eigenvalue weighted by molar-refractivity contribution is 6.00. The lowest BCUT2D eigenvalue weighted by molar-refractivity contribution is -0.138. The van der Waals surface area contributed by atoms with Gasteiger partial charge in [-0.1, -0.05) is 18.2 Å². The van der Waals surface area contributed by atoms with Gasteiger partial charge in [0.2, 0.25) is 0 Å². The number of esters is 1. The van der Waals surface area contributed by atoms with E-state index in [0.29, 0.717) is 11.3 Å². The van der Waals surface area contributed by atoms with Crippen LogP contribution < -0.4 is 9.47 Å². The molecular formula is C19H14F2O5. The van der Waals surface area contributed by atoms with E-state index in [0.717, 1.165) is 5.56 Å². The third-order valence-corrected chi connectivity index (χ3v) is 3.63. The summed E-state index contributed by atoms with van der Waals surface area (Å²) in [4.78, 5) is 24.1. The van der Waals surface area contributed by atoms with Gasteiger partial charge in [0.25, 0.3) is 0 Å². The zero-order valence-electron chi connectivity index (χ0n) is 13.5. The summed E-state index contributed by atoms with van der Waals surface area (Å²) in [5.74, 6) is -0.492. The minimum atomic E-state index is -2.94. The quantitative estimate of drug-likeness (QED) is 0.583. The van der Waals surface area contributed by atoms with Gasteiger partial charge in [-0.2, -0.15) is 8.78 Å². The van der Waals surface area contributed by atoms with E-state index in [4.69, 9.17) is 9.47 Å². The van der Waals surface area contributed by atoms with Crippen molar-refractivity contribution in [3.63, 3.8) is 0 Å². The monoisotopic (exact) mass is 360 g/mol. The third-order valence-electron chi connectivity index (χ3n) is 3.63. The zero-order valence-corrected chi connectivity index (χ0v) is 13.5. The average molecular weight is 360 g/mol. The molecule has 0 aromatic heterocycles. The van der Waals surface area contributed by atoms with Gasteiger partial charge < -0.3 is 14.2 Å². The number of carbonyl (C=O) groups excluding carboxylic acids is 2. The maximum Gasteiger partial charge on any atom is 0.387 e. The van der Waals surface area contributed by atoms with Crippen LogP contribution in [0.5, 0.6) is 11.5 Å². The smallest absolute Gasteiger partial charge is 0.387 e. The van der Waals surface area contributed by atoms with Crippen LogP contribution in [0.15, 0.2) is 54.1 Å². The molecule has 0 N–H and O–H groups in total. The van der Waals surface area contributed by atoms with Crippen molar-refractivity contribution < 1.29 is 32.6 Å². The lowest BCUT2D eigenvalue weighted by Gasteiger charge is -2.16. The van der Waals surface area contributed by atoms with Crippen molar-refractivity contribution in [2.45, 2.75) is 6.61 Å². The first kappa shape index (κ1) is 17.6. The molecular weight excluding hydrogens is 346 g/mol. The molecule has 1 heterocycles. The van der Waals surface area contributed by atoms with Gasteiger partial charge in [0.15, 0.2) is 12.4 Å². The van der Waals surface area contributed by atoms with Crippen molar-refractivity contribution >= 4 is 17.8 Å². The molecule has 0 fully saturated rings. The molecule has 2 aromatic carbocycles. The van der Waals surface area contributed by atoms with Gasteiger partial charge in [-0.15, -0.1) is 0 Å². The van der Waals surface area contributed by atoms with Crippen LogP contribution >= 0.6 is 0 Å². The molecule has 0 atom stereocenters. The zero-order chi connectivity index (χ0) is 18.5. The van der Waals surface area contributed by atoms with E-state index in [1.807, 2.05) is 12.1 Å². The van der Waals surface area contributed by atoms with E-state index in [9.17, 15) is 18.4 Å². The van der Waals surface area contributed by atoms with Crippen LogP contribution in [0.25, 0.3) is 6.08 Å². The predicted octanol–water partition coefficient (Wildman–Crippen LogP) is 3.49. The van der Waals surface area contributed by atoms with Crippen molar-refractivity contribution in [2.24, 2.45) is 0 Å². The highest BCUT2D eigenvalue weighted by Crippen LogP contribution is 2.26. The fourth-order valence-corrected chi connectivity index (χ4v) is 2.36. The highest BCUT2D eigenvalue weighted by Gasteiger charge is 2.19. The van der Waals surface area contributed by atoms with Crippen LogP contribution in [0.1, 0.15) is 15.9 Å². The summed E-state index contributed by atoms with van der Waals surface area (Å²) in [6.45, 7) is -3.34. The van der Waals surface area contributed by atoms with Crippen LogP contribution in [0, 0.1) is 0 Å². The third kappa shape index (κ3) is 4.24. The van der Waals surface area contributed by atoms with E-state index < -0.39 is 25.0 Å². The Hall–Kier alpha value is -3.22. The Balaban J connectivity index is 1.58. The number of hydrogen-bond acceptors (Lipinski definition) is 5. The van der Waals surface area contributed by atoms with Crippen molar-refractivity contribution in [1.82, 2.24) is 0 Å². The number of halogens is 2. The highest BCUT2D eigenvalue weighted by atomic mass is 19.3. The van der Waals surface area contributed by atoms with E-state index in [-0.39, 0.29) is 17.9 Å². The number of benzene rings is 2. The average Bonchev–Trinajstić information content (AvgIpc) is 2.65. The molecule has 7 heteroatoms. The molecule has 1 aliphatic rings. The van der Waals surface area contributed by atoms with Gasteiger partial charge in [0.1, 0.15) is 18.1 Å². The molecule has 0 radical (unpaired) electrons. The molecule has 0 unspecified atom stereocenters. The molecule has 1 aliphatic heterocycles. The number of carbonyl (C=O) groups is 2. The lowest BCUT2D eigenvalue weighted by atomic mass is 10.1. The Kier molecular flexibility index (Phi) is 5.26. The van der Waals surface area contributed by atoms with Gasteiger partial charge >= 0.3 is 12.6 Å². The number of fused-ring (bicyclic) bond motifs is 1. The number of ether oxygens (including phenoxy) is 3. The number of ketones is 1. The molecule has 0 amide bonds. The van der Waals surface area contributed by atoms with Crippen LogP contribution in [-0.2, 0) is 9.53 Å². The van der Waals surface area contributed by atoms with E-state index in [2.05, 4.69) is 4.74 Å². The second-order valence-corrected chi connectivity index (χ2v) is 5.40. The SMILES string of the molecule is O=C(OCC(=O)c1ccc(OC(F)F)cc1)C1=Cc2ccccc2OC1. The van der Waals surface area contributed by atoms with Crippen molar-refractivity contribution in [2.75, 3.05) is 13.2 Å². The summed E-state index contributed by atoms with van der Waals surface area (Å²) in [7, 11) is 0. The lowest BCUT2D eigenvalue weighted by Crippen LogP contribution is -2.20. The Labute approximate surface area is 147 Å². The number of rotatable bonds is 6. The van der Waals surface area contributed by atoms with Gasteiger partial charge in [-0.05, 0) is 36.4 Å². The Morgan fingerprint density at radius 2 is 1.81 bits per heavy atom. The topological polar surface area (TPSA) is 61.8 Å². The second kappa shape index (κ2) is 7.77. The van der Waals surface area contributed by atoms with Gasteiger partial charge in [0.05, 0.1) is 5.57 Å². The summed E-state index contributed by atoms with van der Waals surface area (Å²) >= 11 is 0. The van der Waals surface area contributed by atoms with Crippen LogP contribution in [-0.4, -0.2) is 31.6 Å². The standard InChI is InChI=1S/C19H14F2O5/c20-19(21)26-15-7-5-12(6-8-15)16(22)11-25-18(23)14-9-13-3-1-2-4-17(13)24-10-14/h1-9,19H,10-11H2. The van der Waals surface area contributed by atoms with Gasteiger partial charge in [0, 0.05) is 11.1 Å². The molecule has 26 heavy (non-hydrogen) atoms. The molecule has 0 bridgehead atoms. The summed E-state index contributed by atoms with van der Waals surface area (Å²) < 4.78 is 38.9. The number of alkyl halides is 2. The van der Waals surface area contributed by atoms with Crippen molar-refractivity contribution in [3.8, 4) is 11.5 Å². The molecule has 0 aliphatic carbocycles. The first-order valence-electron chi connectivity index (χ1n) is 7.70. The molecule has 134 valence electrons. The minimum Gasteiger partial charge on any atom is -0.488 e. The summed E-state index contributed by atoms with van der Waals surface area (Å²) in [5, 5.41) is 0. The van der Waals surface area contributed by atoms with Gasteiger partial charge in [-0.3, -0.25) is 4.79 Å². The molecule has 0 saturated heterocycles. The molecule has 0 spiro atoms. The van der Waals surface area contributed by atoms with E-state index in [1.165, 1.54) is 24.3 Å². The minimum absolute atomic E-state index is 0.0586. The Bertz CT molecular complexity index is 843. The fourth-order valence-electron chi connectivity index (χ4n) is 2.36. The van der Waals surface area contributed by atoms with Gasteiger partial charge in [-0.25, -0.2) is 4.79 Å². The summed E-state index contributed by atoms with van der Waals surface area (Å²) in [6.07, 6.45) is 1.65.